The summed E-state index contributed by atoms with van der Waals surface area (Å²) in [6.07, 6.45) is 2.49. The Balaban J connectivity index is 1.12. The molecule has 6 bridgehead atoms. The lowest BCUT2D eigenvalue weighted by Gasteiger charge is -2.41. The van der Waals surface area contributed by atoms with E-state index in [0.717, 1.165) is 11.1 Å². The van der Waals surface area contributed by atoms with Crippen molar-refractivity contribution in [2.75, 3.05) is 73.3 Å². The van der Waals surface area contributed by atoms with Gasteiger partial charge in [-0.05, 0) is 98.4 Å². The Morgan fingerprint density at radius 2 is 1.84 bits per heavy atom. The first-order chi connectivity index (χ1) is 34.6. The van der Waals surface area contributed by atoms with E-state index in [1.165, 1.54) is 27.7 Å². The molecular formula is C53H70F3N9O8. The number of methoxy groups -OCH3 is 1. The average molecular weight is 1020 g/mol. The number of nitrogens with zero attached hydrogens (tertiary/aromatic N) is 7. The van der Waals surface area contributed by atoms with Gasteiger partial charge >= 0.3 is 18.2 Å². The minimum Gasteiger partial charge on any atom is -0.464 e. The molecule has 2 N–H and O–H groups in total. The van der Waals surface area contributed by atoms with Gasteiger partial charge in [0.05, 0.1) is 36.2 Å². The topological polar surface area (TPSA) is 171 Å². The van der Waals surface area contributed by atoms with Crippen LogP contribution in [-0.2, 0) is 46.4 Å². The van der Waals surface area contributed by atoms with Gasteiger partial charge in [-0.25, -0.2) is 10.2 Å². The fourth-order valence-electron chi connectivity index (χ4n) is 11.2. The van der Waals surface area contributed by atoms with E-state index in [4.69, 9.17) is 14.2 Å². The minimum absolute atomic E-state index is 0.0759. The lowest BCUT2D eigenvalue weighted by atomic mass is 9.84. The molecule has 1 unspecified atom stereocenters. The lowest BCUT2D eigenvalue weighted by Crippen LogP contribution is -2.64. The number of hydrazine groups is 1. The molecule has 5 aliphatic heterocycles. The molecule has 1 aromatic carbocycles. The Hall–Kier alpha value is -5.83. The third-order valence-corrected chi connectivity index (χ3v) is 15.0. The summed E-state index contributed by atoms with van der Waals surface area (Å²) in [6.45, 7) is 14.0. The molecule has 3 aromatic rings. The van der Waals surface area contributed by atoms with Gasteiger partial charge in [-0.2, -0.15) is 13.2 Å². The van der Waals surface area contributed by atoms with Crippen LogP contribution in [0.1, 0.15) is 89.6 Å². The standard InChI is InChI=1S/C53H70F3N9O8/c1-9-43(66)63-29-52(73-32-63)18-23-62(24-19-52)50(70)60(7)45(33(2)3)47(67)58-41-28-61-21-11-13-36(27-61)35-16-17-42-38(25-35)39(26-51(5,6)31-72-49(69)40-15-12-22-65(59-40)48(41)68)46(64(42)30-53(54,55)56)37-14-10-20-57-44(37)34(4)71-8/h9-10,13-14,16-17,20,25,33-34,40-41,45,59H,1,11-12,15,18-19,21-24,26-32H2,2-8H3,(H,58,67)/t34-,40-,41-,45-/m0/s1. The first-order valence-electron chi connectivity index (χ1n) is 25.3. The van der Waals surface area contributed by atoms with Gasteiger partial charge in [-0.1, -0.05) is 46.4 Å². The van der Waals surface area contributed by atoms with Gasteiger partial charge in [0, 0.05) is 81.5 Å². The van der Waals surface area contributed by atoms with Crippen molar-refractivity contribution in [1.29, 1.82) is 0 Å². The smallest absolute Gasteiger partial charge is 0.406 e. The molecular weight excluding hydrogens is 948 g/mol. The highest BCUT2D eigenvalue weighted by Gasteiger charge is 2.46. The summed E-state index contributed by atoms with van der Waals surface area (Å²) in [5.41, 5.74) is 5.79. The molecule has 3 saturated heterocycles. The maximum absolute atomic E-state index is 14.8. The van der Waals surface area contributed by atoms with Crippen molar-refractivity contribution in [3.8, 4) is 11.3 Å². The number of carbonyl (C=O) groups excluding carboxylic acids is 5. The number of nitrogens with one attached hydrogen (secondary N) is 2. The number of esters is 1. The van der Waals surface area contributed by atoms with Gasteiger partial charge in [0.2, 0.25) is 11.8 Å². The van der Waals surface area contributed by atoms with Crippen LogP contribution in [0.15, 0.2) is 55.3 Å². The van der Waals surface area contributed by atoms with Crippen molar-refractivity contribution in [2.45, 2.75) is 116 Å². The average Bonchev–Trinajstić information content (AvgIpc) is 3.91. The second-order valence-electron chi connectivity index (χ2n) is 21.4. The summed E-state index contributed by atoms with van der Waals surface area (Å²) >= 11 is 0. The second-order valence-corrected chi connectivity index (χ2v) is 21.4. The van der Waals surface area contributed by atoms with Crippen LogP contribution in [0.2, 0.25) is 0 Å². The number of urea groups is 1. The van der Waals surface area contributed by atoms with E-state index < -0.39 is 65.8 Å². The predicted molar refractivity (Wildman–Crippen MR) is 267 cm³/mol. The van der Waals surface area contributed by atoms with Crippen LogP contribution in [0.5, 0.6) is 0 Å². The van der Waals surface area contributed by atoms with Gasteiger partial charge in [-0.15, -0.1) is 0 Å². The fraction of sp³-hybridized carbons (Fsp3) is 0.585. The maximum Gasteiger partial charge on any atom is 0.406 e. The molecule has 2 aromatic heterocycles. The lowest BCUT2D eigenvalue weighted by molar-refractivity contribution is -0.155. The Kier molecular flexibility index (Phi) is 15.8. The van der Waals surface area contributed by atoms with Gasteiger partial charge in [0.15, 0.2) is 0 Å². The Bertz CT molecular complexity index is 2620. The van der Waals surface area contributed by atoms with E-state index in [1.807, 2.05) is 39.8 Å². The van der Waals surface area contributed by atoms with Crippen LogP contribution in [0.25, 0.3) is 27.7 Å². The van der Waals surface area contributed by atoms with Crippen LogP contribution in [0.4, 0.5) is 18.0 Å². The van der Waals surface area contributed by atoms with Gasteiger partial charge in [-0.3, -0.25) is 34.1 Å². The Morgan fingerprint density at radius 1 is 1.08 bits per heavy atom. The molecule has 5 amide bonds. The number of aromatic nitrogens is 2. The number of carbonyl (C=O) groups is 5. The quantitative estimate of drug-likeness (QED) is 0.188. The number of halogens is 3. The first-order valence-corrected chi connectivity index (χ1v) is 25.3. The molecule has 7 heterocycles. The van der Waals surface area contributed by atoms with Crippen LogP contribution < -0.4 is 10.7 Å². The monoisotopic (exact) mass is 1020 g/mol. The van der Waals surface area contributed by atoms with E-state index >= 15 is 0 Å². The number of hydrogen-bond donors (Lipinski definition) is 2. The zero-order chi connectivity index (χ0) is 52.6. The van der Waals surface area contributed by atoms with Gasteiger partial charge < -0.3 is 38.8 Å². The highest BCUT2D eigenvalue weighted by Crippen LogP contribution is 2.43. The number of amides is 5. The summed E-state index contributed by atoms with van der Waals surface area (Å²) in [5.74, 6) is -2.14. The molecule has 396 valence electrons. The Morgan fingerprint density at radius 3 is 2.53 bits per heavy atom. The van der Waals surface area contributed by atoms with E-state index in [1.54, 1.807) is 48.2 Å². The van der Waals surface area contributed by atoms with Crippen LogP contribution >= 0.6 is 0 Å². The molecule has 3 fully saturated rings. The molecule has 5 aliphatic rings. The van der Waals surface area contributed by atoms with Crippen molar-refractivity contribution in [3.05, 3.63) is 72.1 Å². The number of piperidine rings is 1. The summed E-state index contributed by atoms with van der Waals surface area (Å²) < 4.78 is 63.3. The molecule has 73 heavy (non-hydrogen) atoms. The van der Waals surface area contributed by atoms with Gasteiger partial charge in [0.1, 0.15) is 31.4 Å². The van der Waals surface area contributed by atoms with E-state index in [0.29, 0.717) is 98.2 Å². The first kappa shape index (κ1) is 53.5. The molecule has 0 saturated carbocycles. The van der Waals surface area contributed by atoms with Crippen molar-refractivity contribution in [1.82, 2.24) is 44.9 Å². The SMILES string of the molecule is C=CC(=O)N1COC2(CCN(C(=O)N(C)[C@H](C(=O)N[C@H]3CN4CCC=C(C4)c4ccc5c(c4)c(c(-c4cccnc4[C@H](C)OC)n5CC(F)(F)F)CC(C)(C)COC(=O)[C@@H]4CCCN(N4)C3=O)C(C)C)CC2)C1. The number of cyclic esters (lactones) is 1. The van der Waals surface area contributed by atoms with Gasteiger partial charge in [0.25, 0.3) is 5.91 Å². The molecule has 17 nitrogen and oxygen atoms in total. The number of ether oxygens (including phenoxy) is 3. The van der Waals surface area contributed by atoms with E-state index in [-0.39, 0.29) is 50.7 Å². The zero-order valence-corrected chi connectivity index (χ0v) is 43.1. The highest BCUT2D eigenvalue weighted by molar-refractivity contribution is 5.95. The number of benzene rings is 1. The number of likely N-dealkylation sites (tertiary alicyclic amines) is 1. The number of rotatable bonds is 9. The van der Waals surface area contributed by atoms with Crippen molar-refractivity contribution >= 4 is 46.2 Å². The second kappa shape index (κ2) is 21.6. The minimum atomic E-state index is -4.58. The predicted octanol–water partition coefficient (Wildman–Crippen LogP) is 6.08. The molecule has 20 heteroatoms. The summed E-state index contributed by atoms with van der Waals surface area (Å²) in [6, 6.07) is 5.62. The number of likely N-dealkylation sites (N-methyl/N-ethyl adjacent to an activating group) is 1. The number of hydrogen-bond acceptors (Lipinski definition) is 11. The van der Waals surface area contributed by atoms with Crippen LogP contribution in [0.3, 0.4) is 0 Å². The van der Waals surface area contributed by atoms with E-state index in [2.05, 4.69) is 33.3 Å². The normalized spacial score (nSPS) is 23.4. The highest BCUT2D eigenvalue weighted by atomic mass is 19.4. The largest absolute Gasteiger partial charge is 0.464 e. The third-order valence-electron chi connectivity index (χ3n) is 15.0. The molecule has 0 radical (unpaired) electrons. The molecule has 5 atom stereocenters. The summed E-state index contributed by atoms with van der Waals surface area (Å²) in [5, 5.41) is 5.04. The number of fused-ring (bicyclic) bond motifs is 6. The van der Waals surface area contributed by atoms with Crippen molar-refractivity contribution in [3.63, 3.8) is 0 Å². The molecule has 1 spiro atoms. The van der Waals surface area contributed by atoms with Crippen LogP contribution in [-0.4, -0.2) is 167 Å². The summed E-state index contributed by atoms with van der Waals surface area (Å²) in [4.78, 5) is 81.3. The molecule has 8 rings (SSSR count). The Labute approximate surface area is 425 Å². The fourth-order valence-corrected chi connectivity index (χ4v) is 11.2. The van der Waals surface area contributed by atoms with Crippen molar-refractivity contribution in [2.24, 2.45) is 11.3 Å². The van der Waals surface area contributed by atoms with Crippen LogP contribution in [0, 0.1) is 11.3 Å². The third kappa shape index (κ3) is 11.6. The zero-order valence-electron chi connectivity index (χ0n) is 43.1. The van der Waals surface area contributed by atoms with E-state index in [9.17, 15) is 37.1 Å². The number of alkyl halides is 3. The summed E-state index contributed by atoms with van der Waals surface area (Å²) in [7, 11) is 3.11. The molecule has 0 aliphatic carbocycles. The number of pyridine rings is 1. The maximum atomic E-state index is 14.8. The van der Waals surface area contributed by atoms with Crippen molar-refractivity contribution < 1.29 is 51.4 Å².